The maximum Gasteiger partial charge on any atom is 0.311 e. The maximum absolute atomic E-state index is 12.4. The van der Waals surface area contributed by atoms with Crippen LogP contribution in [0.3, 0.4) is 0 Å². The van der Waals surface area contributed by atoms with Gasteiger partial charge in [-0.3, -0.25) is 9.59 Å². The summed E-state index contributed by atoms with van der Waals surface area (Å²) in [5, 5.41) is 0. The van der Waals surface area contributed by atoms with E-state index in [1.165, 1.54) is 64.2 Å². The van der Waals surface area contributed by atoms with Crippen LogP contribution in [0.4, 0.5) is 0 Å². The highest BCUT2D eigenvalue weighted by Gasteiger charge is 2.13. The summed E-state index contributed by atoms with van der Waals surface area (Å²) < 4.78 is 11.3. The van der Waals surface area contributed by atoms with Crippen molar-refractivity contribution in [2.75, 3.05) is 0 Å². The number of hydrogen-bond donors (Lipinski definition) is 0. The number of unbranched alkanes of at least 4 members (excludes halogenated alkanes) is 14. The second-order valence-corrected chi connectivity index (χ2v) is 10.1. The lowest BCUT2D eigenvalue weighted by molar-refractivity contribution is -0.146. The number of rotatable bonds is 25. The minimum absolute atomic E-state index is 0.0673. The minimum atomic E-state index is -0.330. The van der Waals surface area contributed by atoms with Crippen molar-refractivity contribution < 1.29 is 19.1 Å². The van der Waals surface area contributed by atoms with Gasteiger partial charge in [0.1, 0.15) is 11.5 Å². The molecule has 0 spiro atoms. The number of allylic oxidation sites excluding steroid dienone is 4. The first-order valence-electron chi connectivity index (χ1n) is 15.4. The monoisotopic (exact) mass is 506 g/mol. The molecule has 0 N–H and O–H groups in total. The average molecular weight is 507 g/mol. The van der Waals surface area contributed by atoms with Gasteiger partial charge in [-0.05, 0) is 50.7 Å². The number of carbonyl (C=O) groups is 2. The number of carbonyl (C=O) groups excluding carboxylic acids is 2. The lowest BCUT2D eigenvalue weighted by Crippen LogP contribution is -2.10. The van der Waals surface area contributed by atoms with Crippen LogP contribution in [0.15, 0.2) is 23.7 Å². The molecule has 0 fully saturated rings. The van der Waals surface area contributed by atoms with Crippen LogP contribution in [0.1, 0.15) is 169 Å². The van der Waals surface area contributed by atoms with Crippen LogP contribution in [0.5, 0.6) is 0 Å². The second kappa shape index (κ2) is 26.5. The predicted molar refractivity (Wildman–Crippen MR) is 153 cm³/mol. The quantitative estimate of drug-likeness (QED) is 0.0702. The Morgan fingerprint density at radius 3 is 1.14 bits per heavy atom. The summed E-state index contributed by atoms with van der Waals surface area (Å²) in [6.45, 7) is 8.74. The van der Waals surface area contributed by atoms with Crippen LogP contribution >= 0.6 is 0 Å². The molecule has 0 bridgehead atoms. The highest BCUT2D eigenvalue weighted by Crippen LogP contribution is 2.17. The first-order chi connectivity index (χ1) is 17.6. The molecule has 0 aromatic carbocycles. The Balaban J connectivity index is 4.47. The first-order valence-corrected chi connectivity index (χ1v) is 15.4. The molecule has 36 heavy (non-hydrogen) atoms. The molecule has 0 saturated heterocycles. The van der Waals surface area contributed by atoms with Crippen molar-refractivity contribution in [2.24, 2.45) is 0 Å². The summed E-state index contributed by atoms with van der Waals surface area (Å²) in [4.78, 5) is 24.8. The van der Waals surface area contributed by atoms with E-state index in [0.717, 1.165) is 75.7 Å². The molecule has 210 valence electrons. The van der Waals surface area contributed by atoms with Gasteiger partial charge in [-0.2, -0.15) is 0 Å². The molecule has 0 rings (SSSR count). The molecule has 0 heterocycles. The van der Waals surface area contributed by atoms with Crippen LogP contribution in [-0.2, 0) is 19.1 Å². The molecule has 0 aromatic heterocycles. The van der Waals surface area contributed by atoms with Crippen molar-refractivity contribution in [3.63, 3.8) is 0 Å². The van der Waals surface area contributed by atoms with Crippen molar-refractivity contribution in [1.82, 2.24) is 0 Å². The first kappa shape index (κ1) is 34.4. The molecule has 0 radical (unpaired) electrons. The second-order valence-electron chi connectivity index (χ2n) is 10.1. The van der Waals surface area contributed by atoms with Gasteiger partial charge in [0, 0.05) is 12.8 Å². The van der Waals surface area contributed by atoms with Crippen LogP contribution in [0.25, 0.3) is 0 Å². The summed E-state index contributed by atoms with van der Waals surface area (Å²) >= 11 is 0. The Labute approximate surface area is 223 Å². The molecule has 0 aliphatic rings. The van der Waals surface area contributed by atoms with Crippen molar-refractivity contribution in [3.8, 4) is 0 Å². The van der Waals surface area contributed by atoms with E-state index >= 15 is 0 Å². The van der Waals surface area contributed by atoms with E-state index in [9.17, 15) is 9.59 Å². The summed E-state index contributed by atoms with van der Waals surface area (Å²) in [6, 6.07) is 0. The van der Waals surface area contributed by atoms with Crippen molar-refractivity contribution >= 4 is 11.9 Å². The number of esters is 2. The van der Waals surface area contributed by atoms with Gasteiger partial charge in [0.05, 0.1) is 12.8 Å². The Bertz CT molecular complexity index is 539. The van der Waals surface area contributed by atoms with Gasteiger partial charge in [0.2, 0.25) is 0 Å². The fraction of sp³-hybridized carbons (Fsp3) is 0.812. The van der Waals surface area contributed by atoms with E-state index in [1.807, 2.05) is 0 Å². The largest absolute Gasteiger partial charge is 0.431 e. The fourth-order valence-corrected chi connectivity index (χ4v) is 4.07. The SMILES string of the molecule is CCCCCCCC/C=C(\CCCC)OC(=O)CCC(=O)O/C(=C/CCCCCCCC)CCCC. The van der Waals surface area contributed by atoms with E-state index < -0.39 is 0 Å². The third-order valence-corrected chi connectivity index (χ3v) is 6.44. The highest BCUT2D eigenvalue weighted by molar-refractivity contribution is 5.78. The molecule has 0 aliphatic heterocycles. The lowest BCUT2D eigenvalue weighted by atomic mass is 10.1. The summed E-state index contributed by atoms with van der Waals surface area (Å²) in [7, 11) is 0. The van der Waals surface area contributed by atoms with E-state index in [1.54, 1.807) is 0 Å². The normalized spacial score (nSPS) is 12.1. The summed E-state index contributed by atoms with van der Waals surface area (Å²) in [5.41, 5.74) is 0. The van der Waals surface area contributed by atoms with Gasteiger partial charge in [-0.25, -0.2) is 0 Å². The Morgan fingerprint density at radius 1 is 0.444 bits per heavy atom. The van der Waals surface area contributed by atoms with E-state index in [0.29, 0.717) is 0 Å². The molecule has 0 aromatic rings. The van der Waals surface area contributed by atoms with Gasteiger partial charge in [0.25, 0.3) is 0 Å². The molecule has 0 amide bonds. The van der Waals surface area contributed by atoms with E-state index in [4.69, 9.17) is 9.47 Å². The third kappa shape index (κ3) is 22.9. The van der Waals surface area contributed by atoms with Gasteiger partial charge in [-0.1, -0.05) is 105 Å². The van der Waals surface area contributed by atoms with Crippen LogP contribution < -0.4 is 0 Å². The molecule has 0 atom stereocenters. The molecule has 4 heteroatoms. The van der Waals surface area contributed by atoms with Crippen molar-refractivity contribution in [1.29, 1.82) is 0 Å². The van der Waals surface area contributed by atoms with Crippen LogP contribution in [0, 0.1) is 0 Å². The molecule has 4 nitrogen and oxygen atoms in total. The van der Waals surface area contributed by atoms with Gasteiger partial charge < -0.3 is 9.47 Å². The Morgan fingerprint density at radius 2 is 0.778 bits per heavy atom. The van der Waals surface area contributed by atoms with Gasteiger partial charge in [-0.15, -0.1) is 0 Å². The fourth-order valence-electron chi connectivity index (χ4n) is 4.07. The number of hydrogen-bond acceptors (Lipinski definition) is 4. The molecule has 0 unspecified atom stereocenters. The standard InChI is InChI=1S/C32H58O4/c1-5-9-13-15-17-19-21-25-29(23-11-7-3)35-31(33)27-28-32(34)36-30(24-12-8-4)26-22-20-18-16-14-10-6-2/h25-26H,5-24,27-28H2,1-4H3/b29-25+,30-26+. The molecular formula is C32H58O4. The average Bonchev–Trinajstić information content (AvgIpc) is 2.87. The maximum atomic E-state index is 12.4. The molecular weight excluding hydrogens is 448 g/mol. The predicted octanol–water partition coefficient (Wildman–Crippen LogP) is 10.5. The Kier molecular flexibility index (Phi) is 25.3. The van der Waals surface area contributed by atoms with E-state index in [2.05, 4.69) is 39.8 Å². The molecule has 0 saturated carbocycles. The Hall–Kier alpha value is -1.58. The highest BCUT2D eigenvalue weighted by atomic mass is 16.5. The summed E-state index contributed by atoms with van der Waals surface area (Å²) in [6.07, 6.45) is 26.9. The smallest absolute Gasteiger partial charge is 0.311 e. The zero-order valence-corrected chi connectivity index (χ0v) is 24.3. The lowest BCUT2D eigenvalue weighted by Gasteiger charge is -2.11. The van der Waals surface area contributed by atoms with Crippen molar-refractivity contribution in [3.05, 3.63) is 23.7 Å². The topological polar surface area (TPSA) is 52.6 Å². The zero-order valence-electron chi connectivity index (χ0n) is 24.3. The molecule has 0 aliphatic carbocycles. The van der Waals surface area contributed by atoms with Gasteiger partial charge >= 0.3 is 11.9 Å². The van der Waals surface area contributed by atoms with E-state index in [-0.39, 0.29) is 24.8 Å². The zero-order chi connectivity index (χ0) is 26.7. The van der Waals surface area contributed by atoms with Crippen LogP contribution in [-0.4, -0.2) is 11.9 Å². The summed E-state index contributed by atoms with van der Waals surface area (Å²) in [5.74, 6) is 0.879. The third-order valence-electron chi connectivity index (χ3n) is 6.44. The van der Waals surface area contributed by atoms with Gasteiger partial charge in [0.15, 0.2) is 0 Å². The van der Waals surface area contributed by atoms with Crippen molar-refractivity contribution in [2.45, 2.75) is 169 Å². The number of ether oxygens (including phenoxy) is 2. The van der Waals surface area contributed by atoms with Crippen LogP contribution in [0.2, 0.25) is 0 Å². The minimum Gasteiger partial charge on any atom is -0.431 e.